The summed E-state index contributed by atoms with van der Waals surface area (Å²) in [6.45, 7) is 0. The highest BCUT2D eigenvalue weighted by atomic mass is 127. The van der Waals surface area contributed by atoms with Crippen LogP contribution in [0.15, 0.2) is 0 Å². The van der Waals surface area contributed by atoms with Crippen molar-refractivity contribution in [1.82, 2.24) is 0 Å². The average Bonchev–Trinajstić information content (AvgIpc) is 2.55. The van der Waals surface area contributed by atoms with Crippen molar-refractivity contribution in [3.8, 4) is 0 Å². The Bertz CT molecular complexity index is 243. The van der Waals surface area contributed by atoms with E-state index in [-0.39, 0.29) is 11.8 Å². The maximum absolute atomic E-state index is 11.1. The lowest BCUT2D eigenvalue weighted by Crippen LogP contribution is -2.32. The van der Waals surface area contributed by atoms with Crippen LogP contribution in [0.5, 0.6) is 0 Å². The molecule has 1 aliphatic carbocycles. The lowest BCUT2D eigenvalue weighted by atomic mass is 9.88. The number of hydrogen-bond acceptors (Lipinski definition) is 2. The number of hydrogen-bond donors (Lipinski definition) is 2. The smallest absolute Gasteiger partial charge is 0.307 e. The van der Waals surface area contributed by atoms with Gasteiger partial charge in [0.2, 0.25) is 0 Å². The second-order valence-electron chi connectivity index (χ2n) is 3.79. The van der Waals surface area contributed by atoms with E-state index in [1.54, 1.807) is 0 Å². The van der Waals surface area contributed by atoms with E-state index in [2.05, 4.69) is 45.2 Å². The molecule has 4 nitrogen and oxygen atoms in total. The van der Waals surface area contributed by atoms with Crippen LogP contribution < -0.4 is 0 Å². The van der Waals surface area contributed by atoms with E-state index in [1.807, 2.05) is 0 Å². The number of halogens is 2. The molecule has 1 rings (SSSR count). The molecule has 0 aliphatic heterocycles. The van der Waals surface area contributed by atoms with Crippen LogP contribution in [0.3, 0.4) is 0 Å². The summed E-state index contributed by atoms with van der Waals surface area (Å²) in [7, 11) is 0. The monoisotopic (exact) mass is 438 g/mol. The van der Waals surface area contributed by atoms with Crippen LogP contribution in [0.2, 0.25) is 0 Å². The third-order valence-corrected chi connectivity index (χ3v) is 5.24. The van der Waals surface area contributed by atoms with Gasteiger partial charge >= 0.3 is 11.9 Å². The Morgan fingerprint density at radius 3 is 1.53 bits per heavy atom. The van der Waals surface area contributed by atoms with Gasteiger partial charge in [0.15, 0.2) is 0 Å². The molecule has 1 fully saturated rings. The summed E-state index contributed by atoms with van der Waals surface area (Å²) in [4.78, 5) is 22.2. The molecule has 1 aliphatic rings. The van der Waals surface area contributed by atoms with E-state index in [4.69, 9.17) is 10.2 Å². The van der Waals surface area contributed by atoms with E-state index in [1.165, 1.54) is 0 Å². The van der Waals surface area contributed by atoms with Gasteiger partial charge in [-0.1, -0.05) is 45.2 Å². The van der Waals surface area contributed by atoms with Crippen molar-refractivity contribution < 1.29 is 19.8 Å². The van der Waals surface area contributed by atoms with E-state index in [0.717, 1.165) is 6.42 Å². The second-order valence-corrected chi connectivity index (χ2v) is 5.55. The molecule has 0 aromatic heterocycles. The summed E-state index contributed by atoms with van der Waals surface area (Å²) in [5.41, 5.74) is 0. The van der Waals surface area contributed by atoms with Crippen molar-refractivity contribution in [2.45, 2.75) is 6.42 Å². The van der Waals surface area contributed by atoms with Gasteiger partial charge in [-0.25, -0.2) is 0 Å². The minimum absolute atomic E-state index is 0.00367. The molecule has 86 valence electrons. The fourth-order valence-electron chi connectivity index (χ4n) is 2.30. The highest BCUT2D eigenvalue weighted by molar-refractivity contribution is 14.1. The van der Waals surface area contributed by atoms with Gasteiger partial charge in [-0.05, 0) is 18.3 Å². The van der Waals surface area contributed by atoms with Crippen LogP contribution in [0.1, 0.15) is 6.42 Å². The minimum atomic E-state index is -0.962. The highest BCUT2D eigenvalue weighted by Crippen LogP contribution is 2.43. The predicted octanol–water partition coefficient (Wildman–Crippen LogP) is 1.89. The van der Waals surface area contributed by atoms with E-state index < -0.39 is 23.8 Å². The van der Waals surface area contributed by atoms with Gasteiger partial charge in [0.05, 0.1) is 11.8 Å². The Labute approximate surface area is 115 Å². The molecule has 4 atom stereocenters. The molecule has 0 heterocycles. The summed E-state index contributed by atoms with van der Waals surface area (Å²) in [5, 5.41) is 18.2. The molecule has 6 heteroatoms. The van der Waals surface area contributed by atoms with Crippen LogP contribution in [-0.2, 0) is 9.59 Å². The van der Waals surface area contributed by atoms with Gasteiger partial charge in [-0.15, -0.1) is 0 Å². The lowest BCUT2D eigenvalue weighted by molar-refractivity contribution is -0.154. The minimum Gasteiger partial charge on any atom is -0.481 e. The van der Waals surface area contributed by atoms with Crippen LogP contribution in [0.4, 0.5) is 0 Å². The predicted molar refractivity (Wildman–Crippen MR) is 71.6 cm³/mol. The average molecular weight is 438 g/mol. The number of carboxylic acids is 2. The molecule has 0 amide bonds. The van der Waals surface area contributed by atoms with E-state index in [0.29, 0.717) is 8.86 Å². The summed E-state index contributed by atoms with van der Waals surface area (Å²) >= 11 is 4.28. The number of alkyl halides is 2. The van der Waals surface area contributed by atoms with Crippen LogP contribution in [-0.4, -0.2) is 31.0 Å². The first kappa shape index (κ1) is 13.5. The normalized spacial score (nSPS) is 35.3. The molecule has 0 spiro atoms. The summed E-state index contributed by atoms with van der Waals surface area (Å²) < 4.78 is 1.43. The first-order valence-electron chi connectivity index (χ1n) is 4.60. The van der Waals surface area contributed by atoms with Gasteiger partial charge < -0.3 is 10.2 Å². The molecule has 1 saturated carbocycles. The van der Waals surface area contributed by atoms with Gasteiger partial charge in [-0.2, -0.15) is 0 Å². The Morgan fingerprint density at radius 1 is 1.00 bits per heavy atom. The molecule has 0 aromatic rings. The Balaban J connectivity index is 2.95. The number of carbonyl (C=O) groups is 2. The molecule has 2 N–H and O–H groups in total. The molecule has 15 heavy (non-hydrogen) atoms. The van der Waals surface area contributed by atoms with Crippen molar-refractivity contribution in [3.63, 3.8) is 0 Å². The number of aliphatic carboxylic acids is 2. The second kappa shape index (κ2) is 5.65. The Kier molecular flexibility index (Phi) is 5.07. The largest absolute Gasteiger partial charge is 0.481 e. The number of rotatable bonds is 4. The van der Waals surface area contributed by atoms with Gasteiger partial charge in [-0.3, -0.25) is 9.59 Å². The fourth-order valence-corrected chi connectivity index (χ4v) is 4.11. The summed E-state index contributed by atoms with van der Waals surface area (Å²) in [6, 6.07) is 0. The molecule has 0 saturated heterocycles. The van der Waals surface area contributed by atoms with Crippen LogP contribution in [0, 0.1) is 23.7 Å². The van der Waals surface area contributed by atoms with Crippen molar-refractivity contribution in [2.24, 2.45) is 23.7 Å². The number of carboxylic acid groups (broad SMARTS) is 2. The molecular weight excluding hydrogens is 426 g/mol. The molecule has 0 bridgehead atoms. The van der Waals surface area contributed by atoms with E-state index in [9.17, 15) is 9.59 Å². The third-order valence-electron chi connectivity index (χ3n) is 2.97. The summed E-state index contributed by atoms with van der Waals surface area (Å²) in [6.07, 6.45) is 0.722. The molecule has 0 radical (unpaired) electrons. The first-order valence-corrected chi connectivity index (χ1v) is 7.65. The third kappa shape index (κ3) is 2.75. The zero-order valence-electron chi connectivity index (χ0n) is 7.90. The van der Waals surface area contributed by atoms with Crippen molar-refractivity contribution >= 4 is 57.1 Å². The highest BCUT2D eigenvalue weighted by Gasteiger charge is 2.49. The first-order chi connectivity index (χ1) is 7.02. The maximum atomic E-state index is 11.1. The molecule has 0 aromatic carbocycles. The zero-order chi connectivity index (χ0) is 11.6. The Hall–Kier alpha value is 0.400. The standard InChI is InChI=1S/C9H12I2O4/c10-2-4-1-5(3-11)7(9(14)15)6(4)8(12)13/h4-7H,1-3H2,(H,12,13)(H,14,15). The molecule has 4 unspecified atom stereocenters. The lowest BCUT2D eigenvalue weighted by Gasteiger charge is -2.17. The quantitative estimate of drug-likeness (QED) is 0.520. The van der Waals surface area contributed by atoms with Gasteiger partial charge in [0, 0.05) is 8.86 Å². The van der Waals surface area contributed by atoms with Crippen molar-refractivity contribution in [3.05, 3.63) is 0 Å². The topological polar surface area (TPSA) is 74.6 Å². The van der Waals surface area contributed by atoms with Crippen LogP contribution in [0.25, 0.3) is 0 Å². The van der Waals surface area contributed by atoms with E-state index >= 15 is 0 Å². The fraction of sp³-hybridized carbons (Fsp3) is 0.778. The van der Waals surface area contributed by atoms with Crippen molar-refractivity contribution in [1.29, 1.82) is 0 Å². The zero-order valence-corrected chi connectivity index (χ0v) is 12.2. The Morgan fingerprint density at radius 2 is 1.33 bits per heavy atom. The summed E-state index contributed by atoms with van der Waals surface area (Å²) in [5.74, 6) is -3.33. The van der Waals surface area contributed by atoms with Crippen LogP contribution >= 0.6 is 45.2 Å². The van der Waals surface area contributed by atoms with Gasteiger partial charge in [0.25, 0.3) is 0 Å². The SMILES string of the molecule is O=C(O)C1C(CI)CC(CI)C1C(=O)O. The molecular formula is C9H12I2O4. The van der Waals surface area contributed by atoms with Crippen molar-refractivity contribution in [2.75, 3.05) is 8.86 Å². The maximum Gasteiger partial charge on any atom is 0.307 e. The van der Waals surface area contributed by atoms with Gasteiger partial charge in [0.1, 0.15) is 0 Å².